The van der Waals surface area contributed by atoms with Crippen molar-refractivity contribution >= 4 is 15.7 Å². The first kappa shape index (κ1) is 16.7. The van der Waals surface area contributed by atoms with Gasteiger partial charge in [0.05, 0.1) is 10.9 Å². The molecule has 0 fully saturated rings. The van der Waals surface area contributed by atoms with E-state index in [0.29, 0.717) is 5.56 Å². The summed E-state index contributed by atoms with van der Waals surface area (Å²) in [4.78, 5) is 14.8. The van der Waals surface area contributed by atoms with E-state index in [0.717, 1.165) is 25.5 Å². The molecule has 3 rings (SSSR count). The van der Waals surface area contributed by atoms with Crippen LogP contribution in [0.2, 0.25) is 0 Å². The molecule has 0 aromatic heterocycles. The highest BCUT2D eigenvalue weighted by Gasteiger charge is 2.27. The highest BCUT2D eigenvalue weighted by molar-refractivity contribution is 7.90. The molecule has 1 amide bonds. The van der Waals surface area contributed by atoms with Gasteiger partial charge in [0.1, 0.15) is 0 Å². The van der Waals surface area contributed by atoms with Crippen LogP contribution in [0.4, 0.5) is 0 Å². The third kappa shape index (κ3) is 3.22. The summed E-state index contributed by atoms with van der Waals surface area (Å²) in [6.45, 7) is 0. The molecule has 1 aliphatic carbocycles. The first-order valence-corrected chi connectivity index (χ1v) is 9.92. The molecule has 0 spiro atoms. The number of sulfone groups is 1. The van der Waals surface area contributed by atoms with E-state index < -0.39 is 9.84 Å². The molecule has 24 heavy (non-hydrogen) atoms. The van der Waals surface area contributed by atoms with Crippen LogP contribution < -0.4 is 0 Å². The molecule has 0 saturated carbocycles. The number of aryl methyl sites for hydroxylation is 1. The largest absolute Gasteiger partial charge is 0.335 e. The van der Waals surface area contributed by atoms with Crippen molar-refractivity contribution < 1.29 is 13.2 Å². The van der Waals surface area contributed by atoms with Gasteiger partial charge in [0.2, 0.25) is 0 Å². The number of hydrogen-bond donors (Lipinski definition) is 0. The summed E-state index contributed by atoms with van der Waals surface area (Å²) in [5, 5.41) is 0. The number of rotatable bonds is 3. The minimum absolute atomic E-state index is 0.0318. The third-order valence-electron chi connectivity index (χ3n) is 4.63. The zero-order valence-corrected chi connectivity index (χ0v) is 14.7. The summed E-state index contributed by atoms with van der Waals surface area (Å²) in [6, 6.07) is 14.5. The Bertz CT molecular complexity index is 874. The molecule has 1 atom stereocenters. The fourth-order valence-corrected chi connectivity index (χ4v) is 4.00. The summed E-state index contributed by atoms with van der Waals surface area (Å²) in [5.41, 5.74) is 2.89. The van der Waals surface area contributed by atoms with Crippen molar-refractivity contribution in [3.05, 3.63) is 65.2 Å². The van der Waals surface area contributed by atoms with Crippen molar-refractivity contribution in [1.29, 1.82) is 0 Å². The Labute approximate surface area is 143 Å². The molecule has 126 valence electrons. The number of carbonyl (C=O) groups is 1. The summed E-state index contributed by atoms with van der Waals surface area (Å²) < 4.78 is 23.4. The van der Waals surface area contributed by atoms with Crippen LogP contribution in [0, 0.1) is 0 Å². The molecule has 0 bridgehead atoms. The Kier molecular flexibility index (Phi) is 4.45. The molecule has 0 unspecified atom stereocenters. The second-order valence-corrected chi connectivity index (χ2v) is 8.34. The second kappa shape index (κ2) is 6.40. The lowest BCUT2D eigenvalue weighted by Gasteiger charge is -2.33. The SMILES string of the molecule is CN(C(=O)c1cccc(S(C)(=O)=O)c1)[C@H]1CCCc2ccccc21. The van der Waals surface area contributed by atoms with Gasteiger partial charge in [0.25, 0.3) is 5.91 Å². The normalized spacial score (nSPS) is 17.2. The number of hydrogen-bond acceptors (Lipinski definition) is 3. The Morgan fingerprint density at radius 1 is 1.12 bits per heavy atom. The van der Waals surface area contributed by atoms with E-state index in [4.69, 9.17) is 0 Å². The third-order valence-corrected chi connectivity index (χ3v) is 5.75. The first-order valence-electron chi connectivity index (χ1n) is 8.03. The fourth-order valence-electron chi connectivity index (χ4n) is 3.34. The number of benzene rings is 2. The van der Waals surface area contributed by atoms with Crippen LogP contribution >= 0.6 is 0 Å². The molecule has 0 saturated heterocycles. The molecule has 5 heteroatoms. The van der Waals surface area contributed by atoms with Gasteiger partial charge in [0, 0.05) is 18.9 Å². The maximum atomic E-state index is 12.9. The van der Waals surface area contributed by atoms with Crippen molar-refractivity contribution in [3.63, 3.8) is 0 Å². The summed E-state index contributed by atoms with van der Waals surface area (Å²) in [7, 11) is -1.53. The minimum Gasteiger partial charge on any atom is -0.335 e. The van der Waals surface area contributed by atoms with Gasteiger partial charge in [-0.05, 0) is 48.6 Å². The molecule has 0 heterocycles. The van der Waals surface area contributed by atoms with Gasteiger partial charge in [-0.25, -0.2) is 8.42 Å². The van der Waals surface area contributed by atoms with Gasteiger partial charge in [-0.1, -0.05) is 30.3 Å². The van der Waals surface area contributed by atoms with Crippen molar-refractivity contribution in [3.8, 4) is 0 Å². The molecular formula is C19H21NO3S. The van der Waals surface area contributed by atoms with Gasteiger partial charge in [-0.3, -0.25) is 4.79 Å². The van der Waals surface area contributed by atoms with E-state index in [1.807, 2.05) is 12.1 Å². The number of nitrogens with zero attached hydrogens (tertiary/aromatic N) is 1. The standard InChI is InChI=1S/C19H21NO3S/c1-20(18-12-6-8-14-7-3-4-11-17(14)18)19(21)15-9-5-10-16(13-15)24(2,22)23/h3-5,7,9-11,13,18H,6,8,12H2,1-2H3/t18-/m0/s1. The molecule has 0 N–H and O–H groups in total. The number of fused-ring (bicyclic) bond motifs is 1. The van der Waals surface area contributed by atoms with Gasteiger partial charge in [-0.2, -0.15) is 0 Å². The highest BCUT2D eigenvalue weighted by atomic mass is 32.2. The van der Waals surface area contributed by atoms with Crippen LogP contribution in [-0.4, -0.2) is 32.5 Å². The van der Waals surface area contributed by atoms with E-state index in [2.05, 4.69) is 12.1 Å². The molecule has 2 aromatic rings. The van der Waals surface area contributed by atoms with E-state index in [9.17, 15) is 13.2 Å². The molecule has 2 aromatic carbocycles. The molecule has 0 radical (unpaired) electrons. The van der Waals surface area contributed by atoms with Crippen molar-refractivity contribution in [2.45, 2.75) is 30.2 Å². The van der Waals surface area contributed by atoms with E-state index in [1.165, 1.54) is 23.3 Å². The molecule has 1 aliphatic rings. The number of carbonyl (C=O) groups excluding carboxylic acids is 1. The highest BCUT2D eigenvalue weighted by Crippen LogP contribution is 2.34. The maximum Gasteiger partial charge on any atom is 0.254 e. The van der Waals surface area contributed by atoms with Gasteiger partial charge in [-0.15, -0.1) is 0 Å². The predicted molar refractivity (Wildman–Crippen MR) is 93.8 cm³/mol. The molecule has 0 aliphatic heterocycles. The van der Waals surface area contributed by atoms with Crippen LogP contribution in [-0.2, 0) is 16.3 Å². The lowest BCUT2D eigenvalue weighted by atomic mass is 9.87. The lowest BCUT2D eigenvalue weighted by Crippen LogP contribution is -2.33. The summed E-state index contributed by atoms with van der Waals surface area (Å²) >= 11 is 0. The molecule has 4 nitrogen and oxygen atoms in total. The summed E-state index contributed by atoms with van der Waals surface area (Å²) in [5.74, 6) is -0.151. The van der Waals surface area contributed by atoms with Crippen molar-refractivity contribution in [2.24, 2.45) is 0 Å². The summed E-state index contributed by atoms with van der Waals surface area (Å²) in [6.07, 6.45) is 4.16. The van der Waals surface area contributed by atoms with Gasteiger partial charge >= 0.3 is 0 Å². The zero-order chi connectivity index (χ0) is 17.3. The van der Waals surface area contributed by atoms with Crippen molar-refractivity contribution in [2.75, 3.05) is 13.3 Å². The van der Waals surface area contributed by atoms with Crippen LogP contribution in [0.3, 0.4) is 0 Å². The Hall–Kier alpha value is -2.14. The monoisotopic (exact) mass is 343 g/mol. The number of amides is 1. The smallest absolute Gasteiger partial charge is 0.254 e. The quantitative estimate of drug-likeness (QED) is 0.860. The second-order valence-electron chi connectivity index (χ2n) is 6.32. The first-order chi connectivity index (χ1) is 11.4. The van der Waals surface area contributed by atoms with Crippen LogP contribution in [0.25, 0.3) is 0 Å². The van der Waals surface area contributed by atoms with Crippen molar-refractivity contribution in [1.82, 2.24) is 4.90 Å². The fraction of sp³-hybridized carbons (Fsp3) is 0.316. The predicted octanol–water partition coefficient (Wildman–Crippen LogP) is 3.24. The van der Waals surface area contributed by atoms with E-state index in [-0.39, 0.29) is 16.8 Å². The van der Waals surface area contributed by atoms with E-state index >= 15 is 0 Å². The Morgan fingerprint density at radius 2 is 1.88 bits per heavy atom. The van der Waals surface area contributed by atoms with Crippen LogP contribution in [0.5, 0.6) is 0 Å². The topological polar surface area (TPSA) is 54.5 Å². The average molecular weight is 343 g/mol. The van der Waals surface area contributed by atoms with E-state index in [1.54, 1.807) is 24.1 Å². The van der Waals surface area contributed by atoms with Gasteiger partial charge in [0.15, 0.2) is 9.84 Å². The van der Waals surface area contributed by atoms with Crippen LogP contribution in [0.1, 0.15) is 40.4 Å². The minimum atomic E-state index is -3.33. The molecular weight excluding hydrogens is 322 g/mol. The Balaban J connectivity index is 1.92. The average Bonchev–Trinajstić information content (AvgIpc) is 2.59. The Morgan fingerprint density at radius 3 is 2.62 bits per heavy atom. The zero-order valence-electron chi connectivity index (χ0n) is 13.9. The lowest BCUT2D eigenvalue weighted by molar-refractivity contribution is 0.0715. The van der Waals surface area contributed by atoms with Gasteiger partial charge < -0.3 is 4.90 Å². The maximum absolute atomic E-state index is 12.9. The van der Waals surface area contributed by atoms with Crippen LogP contribution in [0.15, 0.2) is 53.4 Å².